The van der Waals surface area contributed by atoms with Gasteiger partial charge in [0.2, 0.25) is 0 Å². The van der Waals surface area contributed by atoms with E-state index in [0.717, 1.165) is 41.3 Å². The van der Waals surface area contributed by atoms with E-state index in [-0.39, 0.29) is 5.56 Å². The molecule has 106 valence electrons. The summed E-state index contributed by atoms with van der Waals surface area (Å²) in [6.07, 6.45) is 4.11. The zero-order chi connectivity index (χ0) is 14.3. The Labute approximate surface area is 117 Å². The quantitative estimate of drug-likeness (QED) is 0.746. The molecule has 0 aliphatic heterocycles. The number of nitrogens with zero attached hydrogens (tertiary/aromatic N) is 1. The highest BCUT2D eigenvalue weighted by Gasteiger charge is 2.14. The molecule has 3 rings (SSSR count). The Morgan fingerprint density at radius 3 is 2.70 bits per heavy atom. The lowest BCUT2D eigenvalue weighted by Gasteiger charge is -2.07. The van der Waals surface area contributed by atoms with Gasteiger partial charge >= 0.3 is 0 Å². The van der Waals surface area contributed by atoms with Crippen LogP contribution in [-0.4, -0.2) is 34.2 Å². The molecule has 5 heteroatoms. The summed E-state index contributed by atoms with van der Waals surface area (Å²) in [7, 11) is 4.10. The summed E-state index contributed by atoms with van der Waals surface area (Å²) < 4.78 is 0. The maximum atomic E-state index is 11.9. The first-order chi connectivity index (χ1) is 9.54. The van der Waals surface area contributed by atoms with Crippen molar-refractivity contribution in [2.45, 2.75) is 26.3 Å². The monoisotopic (exact) mass is 272 g/mol. The van der Waals surface area contributed by atoms with Gasteiger partial charge in [-0.15, -0.1) is 0 Å². The molecular weight excluding hydrogens is 252 g/mol. The lowest BCUT2D eigenvalue weighted by molar-refractivity contribution is 0.401. The lowest BCUT2D eigenvalue weighted by atomic mass is 10.2. The molecule has 0 spiro atoms. The molecule has 1 fully saturated rings. The number of aryl methyl sites for hydroxylation is 1. The Balaban J connectivity index is 2.08. The summed E-state index contributed by atoms with van der Waals surface area (Å²) in [5.41, 5.74) is 4.66. The minimum Gasteiger partial charge on any atom is -0.359 e. The third-order valence-electron chi connectivity index (χ3n) is 3.60. The molecule has 2 aromatic heterocycles. The Kier molecular flexibility index (Phi) is 3.14. The second kappa shape index (κ2) is 4.83. The zero-order valence-electron chi connectivity index (χ0n) is 12.1. The van der Waals surface area contributed by atoms with E-state index < -0.39 is 0 Å². The molecule has 0 radical (unpaired) electrons. The van der Waals surface area contributed by atoms with Crippen molar-refractivity contribution in [2.24, 2.45) is 0 Å². The van der Waals surface area contributed by atoms with Gasteiger partial charge in [0.1, 0.15) is 0 Å². The average Bonchev–Trinajstić information content (AvgIpc) is 3.07. The van der Waals surface area contributed by atoms with E-state index in [4.69, 9.17) is 0 Å². The van der Waals surface area contributed by atoms with Crippen molar-refractivity contribution in [2.75, 3.05) is 14.1 Å². The predicted octanol–water partition coefficient (Wildman–Crippen LogP) is 0.174. The van der Waals surface area contributed by atoms with Crippen molar-refractivity contribution in [3.05, 3.63) is 43.9 Å². The van der Waals surface area contributed by atoms with Crippen LogP contribution in [0.2, 0.25) is 0 Å². The topological polar surface area (TPSA) is 67.7 Å². The van der Waals surface area contributed by atoms with Gasteiger partial charge in [0, 0.05) is 17.9 Å². The van der Waals surface area contributed by atoms with Crippen LogP contribution in [-0.2, 0) is 6.54 Å². The summed E-state index contributed by atoms with van der Waals surface area (Å²) in [6.45, 7) is 2.96. The number of aromatic nitrogens is 3. The van der Waals surface area contributed by atoms with Crippen LogP contribution in [0, 0.1) is 6.92 Å². The maximum Gasteiger partial charge on any atom is 0.271 e. The highest BCUT2D eigenvalue weighted by atomic mass is 16.1. The van der Waals surface area contributed by atoms with Gasteiger partial charge in [-0.25, -0.2) is 0 Å². The third-order valence-corrected chi connectivity index (χ3v) is 3.60. The van der Waals surface area contributed by atoms with Crippen molar-refractivity contribution in [1.82, 2.24) is 20.1 Å². The molecule has 0 aromatic carbocycles. The molecule has 1 aliphatic carbocycles. The molecule has 2 aromatic rings. The van der Waals surface area contributed by atoms with Gasteiger partial charge in [0.15, 0.2) is 0 Å². The Bertz CT molecular complexity index is 798. The number of rotatable bonds is 3. The first kappa shape index (κ1) is 13.0. The first-order valence-corrected chi connectivity index (χ1v) is 6.88. The largest absolute Gasteiger partial charge is 0.359 e. The molecule has 2 heterocycles. The fourth-order valence-corrected chi connectivity index (χ4v) is 2.46. The van der Waals surface area contributed by atoms with Crippen LogP contribution in [0.3, 0.4) is 0 Å². The number of nitrogens with one attached hydrogen (secondary N) is 3. The van der Waals surface area contributed by atoms with E-state index in [9.17, 15) is 4.79 Å². The Morgan fingerprint density at radius 1 is 1.30 bits per heavy atom. The van der Waals surface area contributed by atoms with Crippen LogP contribution < -0.4 is 16.1 Å². The molecule has 0 bridgehead atoms. The molecule has 1 aliphatic rings. The van der Waals surface area contributed by atoms with E-state index in [2.05, 4.69) is 47.2 Å². The Hall–Kier alpha value is -2.01. The lowest BCUT2D eigenvalue weighted by Crippen LogP contribution is -2.33. The van der Waals surface area contributed by atoms with Crippen LogP contribution in [0.25, 0.3) is 11.6 Å². The average molecular weight is 272 g/mol. The van der Waals surface area contributed by atoms with E-state index >= 15 is 0 Å². The highest BCUT2D eigenvalue weighted by Crippen LogP contribution is 2.26. The molecule has 1 saturated carbocycles. The smallest absolute Gasteiger partial charge is 0.271 e. The number of hydrogen-bond donors (Lipinski definition) is 3. The molecule has 0 amide bonds. The SMILES string of the molecule is Cc1[nH]c(C=c2c(=O)[nH][nH]c2=C2CC2)cc1CN(C)C. The number of aromatic amines is 3. The molecule has 20 heavy (non-hydrogen) atoms. The van der Waals surface area contributed by atoms with Gasteiger partial charge in [0.25, 0.3) is 5.56 Å². The van der Waals surface area contributed by atoms with Crippen LogP contribution in [0.1, 0.15) is 29.8 Å². The summed E-state index contributed by atoms with van der Waals surface area (Å²) >= 11 is 0. The molecular formula is C15H20N4O. The normalized spacial score (nSPS) is 15.4. The van der Waals surface area contributed by atoms with Crippen molar-refractivity contribution < 1.29 is 0 Å². The zero-order valence-corrected chi connectivity index (χ0v) is 12.1. The van der Waals surface area contributed by atoms with E-state index in [1.165, 1.54) is 11.1 Å². The van der Waals surface area contributed by atoms with E-state index in [1.807, 2.05) is 6.08 Å². The first-order valence-electron chi connectivity index (χ1n) is 6.88. The van der Waals surface area contributed by atoms with Crippen LogP contribution >= 0.6 is 0 Å². The maximum absolute atomic E-state index is 11.9. The second-order valence-corrected chi connectivity index (χ2v) is 5.73. The molecule has 0 saturated heterocycles. The van der Waals surface area contributed by atoms with Gasteiger partial charge in [-0.1, -0.05) is 0 Å². The van der Waals surface area contributed by atoms with Gasteiger partial charge in [-0.2, -0.15) is 0 Å². The highest BCUT2D eigenvalue weighted by molar-refractivity contribution is 5.58. The molecule has 3 N–H and O–H groups in total. The summed E-state index contributed by atoms with van der Waals surface area (Å²) in [5, 5.41) is 7.36. The third kappa shape index (κ3) is 2.49. The van der Waals surface area contributed by atoms with Gasteiger partial charge in [-0.3, -0.25) is 15.0 Å². The van der Waals surface area contributed by atoms with Crippen molar-refractivity contribution in [3.8, 4) is 0 Å². The standard InChI is InChI=1S/C15H20N4O/c1-9-11(8-19(2)3)6-12(16-9)7-13-14(10-4-5-10)17-18-15(13)20/h6-7,16-17H,4-5,8H2,1-3H3,(H,18,20). The van der Waals surface area contributed by atoms with Crippen molar-refractivity contribution in [1.29, 1.82) is 0 Å². The molecule has 0 unspecified atom stereocenters. The van der Waals surface area contributed by atoms with Crippen LogP contribution in [0.15, 0.2) is 10.9 Å². The van der Waals surface area contributed by atoms with Crippen LogP contribution in [0.4, 0.5) is 0 Å². The van der Waals surface area contributed by atoms with Gasteiger partial charge in [0.05, 0.1) is 10.6 Å². The Morgan fingerprint density at radius 2 is 2.05 bits per heavy atom. The van der Waals surface area contributed by atoms with E-state index in [0.29, 0.717) is 0 Å². The number of hydrogen-bond acceptors (Lipinski definition) is 2. The number of H-pyrrole nitrogens is 3. The second-order valence-electron chi connectivity index (χ2n) is 5.73. The summed E-state index contributed by atoms with van der Waals surface area (Å²) in [4.78, 5) is 17.4. The minimum absolute atomic E-state index is 0.0548. The van der Waals surface area contributed by atoms with E-state index in [1.54, 1.807) is 0 Å². The van der Waals surface area contributed by atoms with Gasteiger partial charge in [-0.05, 0) is 57.1 Å². The minimum atomic E-state index is -0.0548. The fourth-order valence-electron chi connectivity index (χ4n) is 2.46. The van der Waals surface area contributed by atoms with Crippen LogP contribution in [0.5, 0.6) is 0 Å². The molecule has 5 nitrogen and oxygen atoms in total. The fraction of sp³-hybridized carbons (Fsp3) is 0.400. The summed E-state index contributed by atoms with van der Waals surface area (Å²) in [5.74, 6) is 0. The molecule has 0 atom stereocenters. The van der Waals surface area contributed by atoms with Gasteiger partial charge < -0.3 is 9.88 Å². The predicted molar refractivity (Wildman–Crippen MR) is 79.8 cm³/mol. The van der Waals surface area contributed by atoms with Crippen molar-refractivity contribution in [3.63, 3.8) is 0 Å². The van der Waals surface area contributed by atoms with Crippen molar-refractivity contribution >= 4 is 11.6 Å². The summed E-state index contributed by atoms with van der Waals surface area (Å²) in [6, 6.07) is 2.11.